The Kier molecular flexibility index (Phi) is 4.65. The van der Waals surface area contributed by atoms with Crippen molar-refractivity contribution in [2.75, 3.05) is 32.5 Å². The molecule has 1 aromatic carbocycles. The van der Waals surface area contributed by atoms with Crippen LogP contribution < -0.4 is 5.73 Å². The van der Waals surface area contributed by atoms with Crippen LogP contribution >= 0.6 is 0 Å². The summed E-state index contributed by atoms with van der Waals surface area (Å²) in [6, 6.07) is 2.34. The molecule has 0 unspecified atom stereocenters. The quantitative estimate of drug-likeness (QED) is 0.678. The lowest BCUT2D eigenvalue weighted by molar-refractivity contribution is 0.219. The molecule has 0 saturated heterocycles. The Hall–Kier alpha value is -1.44. The van der Waals surface area contributed by atoms with Gasteiger partial charge >= 0.3 is 0 Å². The fourth-order valence-corrected chi connectivity index (χ4v) is 3.94. The highest BCUT2D eigenvalue weighted by Gasteiger charge is 2.28. The van der Waals surface area contributed by atoms with Crippen LogP contribution in [0.3, 0.4) is 0 Å². The van der Waals surface area contributed by atoms with Crippen molar-refractivity contribution in [3.05, 3.63) is 35.2 Å². The van der Waals surface area contributed by atoms with Crippen molar-refractivity contribution in [2.24, 2.45) is 0 Å². The van der Waals surface area contributed by atoms with Gasteiger partial charge in [-0.1, -0.05) is 6.08 Å². The predicted molar refractivity (Wildman–Crippen MR) is 78.9 cm³/mol. The summed E-state index contributed by atoms with van der Waals surface area (Å²) in [5.41, 5.74) is 6.77. The third-order valence-corrected chi connectivity index (χ3v) is 5.51. The normalized spacial score (nSPS) is 16.8. The van der Waals surface area contributed by atoms with Crippen LogP contribution in [0, 0.1) is 12.7 Å². The smallest absolute Gasteiger partial charge is 0.243 e. The number of aryl methyl sites for hydroxylation is 1. The number of methoxy groups -OCH3 is 1. The first-order chi connectivity index (χ1) is 9.86. The summed E-state index contributed by atoms with van der Waals surface area (Å²) in [4.78, 5) is 0.0602. The van der Waals surface area contributed by atoms with Crippen molar-refractivity contribution in [2.45, 2.75) is 18.2 Å². The topological polar surface area (TPSA) is 72.6 Å². The highest BCUT2D eigenvalue weighted by Crippen LogP contribution is 2.26. The Morgan fingerprint density at radius 2 is 2.14 bits per heavy atom. The van der Waals surface area contributed by atoms with Gasteiger partial charge in [0, 0.05) is 20.2 Å². The molecular weight excluding hydrogens is 295 g/mol. The molecular formula is C14H19FN2O3S. The van der Waals surface area contributed by atoms with Gasteiger partial charge in [0.1, 0.15) is 5.82 Å². The first-order valence-corrected chi connectivity index (χ1v) is 8.03. The van der Waals surface area contributed by atoms with E-state index in [0.717, 1.165) is 11.6 Å². The van der Waals surface area contributed by atoms with Crippen molar-refractivity contribution in [1.29, 1.82) is 0 Å². The Morgan fingerprint density at radius 1 is 1.43 bits per heavy atom. The first-order valence-electron chi connectivity index (χ1n) is 6.59. The number of halogens is 1. The van der Waals surface area contributed by atoms with Gasteiger partial charge < -0.3 is 10.5 Å². The average molecular weight is 314 g/mol. The summed E-state index contributed by atoms with van der Waals surface area (Å²) >= 11 is 0. The molecule has 1 aromatic rings. The number of rotatable bonds is 4. The third kappa shape index (κ3) is 3.25. The van der Waals surface area contributed by atoms with Crippen molar-refractivity contribution in [3.8, 4) is 0 Å². The maximum atomic E-state index is 13.4. The van der Waals surface area contributed by atoms with Crippen LogP contribution in [0.2, 0.25) is 0 Å². The molecule has 0 aromatic heterocycles. The van der Waals surface area contributed by atoms with Gasteiger partial charge in [-0.2, -0.15) is 4.31 Å². The zero-order valence-electron chi connectivity index (χ0n) is 12.1. The summed E-state index contributed by atoms with van der Waals surface area (Å²) in [5, 5.41) is 0. The van der Waals surface area contributed by atoms with E-state index >= 15 is 0 Å². The largest absolute Gasteiger partial charge is 0.396 e. The van der Waals surface area contributed by atoms with E-state index in [1.54, 1.807) is 14.0 Å². The maximum absolute atomic E-state index is 13.4. The molecule has 0 atom stereocenters. The minimum absolute atomic E-state index is 0.0602. The van der Waals surface area contributed by atoms with Crippen molar-refractivity contribution < 1.29 is 17.5 Å². The Balaban J connectivity index is 2.30. The van der Waals surface area contributed by atoms with E-state index in [1.165, 1.54) is 10.4 Å². The van der Waals surface area contributed by atoms with Gasteiger partial charge in [-0.15, -0.1) is 0 Å². The number of benzene rings is 1. The molecule has 1 aliphatic rings. The molecule has 2 N–H and O–H groups in total. The monoisotopic (exact) mass is 314 g/mol. The van der Waals surface area contributed by atoms with Crippen molar-refractivity contribution in [3.63, 3.8) is 0 Å². The van der Waals surface area contributed by atoms with Gasteiger partial charge in [-0.05, 0) is 36.6 Å². The number of ether oxygens (including phenoxy) is 1. The van der Waals surface area contributed by atoms with E-state index in [4.69, 9.17) is 10.5 Å². The number of nitrogens with zero attached hydrogens (tertiary/aromatic N) is 1. The van der Waals surface area contributed by atoms with Crippen molar-refractivity contribution >= 4 is 15.7 Å². The van der Waals surface area contributed by atoms with Crippen molar-refractivity contribution in [1.82, 2.24) is 4.31 Å². The van der Waals surface area contributed by atoms with Gasteiger partial charge in [0.05, 0.1) is 17.2 Å². The molecule has 21 heavy (non-hydrogen) atoms. The van der Waals surface area contributed by atoms with E-state index in [2.05, 4.69) is 0 Å². The Bertz CT molecular complexity index is 671. The molecule has 0 bridgehead atoms. The molecule has 2 rings (SSSR count). The van der Waals surface area contributed by atoms with Gasteiger partial charge in [-0.25, -0.2) is 12.8 Å². The van der Waals surface area contributed by atoms with Crippen LogP contribution in [-0.2, 0) is 14.8 Å². The lowest BCUT2D eigenvalue weighted by atomic mass is 10.1. The number of sulfonamides is 1. The van der Waals surface area contributed by atoms with Crippen LogP contribution in [0.25, 0.3) is 0 Å². The summed E-state index contributed by atoms with van der Waals surface area (Å²) in [7, 11) is -2.06. The molecule has 0 saturated carbocycles. The Labute approximate surface area is 124 Å². The minimum Gasteiger partial charge on any atom is -0.396 e. The molecule has 116 valence electrons. The summed E-state index contributed by atoms with van der Waals surface area (Å²) in [5.74, 6) is -0.604. The second-order valence-corrected chi connectivity index (χ2v) is 6.95. The number of nitrogens with two attached hydrogens (primary N) is 1. The van der Waals surface area contributed by atoms with E-state index in [1.807, 2.05) is 6.08 Å². The van der Waals surface area contributed by atoms with Crippen LogP contribution in [-0.4, -0.2) is 39.5 Å². The molecule has 5 nitrogen and oxygen atoms in total. The van der Waals surface area contributed by atoms with Gasteiger partial charge in [0.15, 0.2) is 0 Å². The minimum atomic E-state index is -3.67. The molecule has 0 amide bonds. The van der Waals surface area contributed by atoms with E-state index < -0.39 is 15.8 Å². The molecule has 7 heteroatoms. The summed E-state index contributed by atoms with van der Waals surface area (Å²) in [6.07, 6.45) is 2.48. The average Bonchev–Trinajstić information content (AvgIpc) is 2.43. The number of nitrogen functional groups attached to an aromatic ring is 1. The van der Waals surface area contributed by atoms with Crippen LogP contribution in [0.15, 0.2) is 28.7 Å². The number of hydrogen-bond donors (Lipinski definition) is 1. The molecule has 0 radical (unpaired) electrons. The van der Waals surface area contributed by atoms with E-state index in [0.29, 0.717) is 25.1 Å². The van der Waals surface area contributed by atoms with Crippen LogP contribution in [0.5, 0.6) is 0 Å². The van der Waals surface area contributed by atoms with Crippen LogP contribution in [0.4, 0.5) is 10.1 Å². The standard InChI is InChI=1S/C14H19FN2O3S/c1-10-7-12(15)13(16)8-14(10)21(18,19)17-5-3-11(4-6-17)9-20-2/h3,7-8H,4-6,9,16H2,1-2H3. The van der Waals surface area contributed by atoms with Crippen LogP contribution in [0.1, 0.15) is 12.0 Å². The lowest BCUT2D eigenvalue weighted by Gasteiger charge is -2.26. The Morgan fingerprint density at radius 3 is 2.71 bits per heavy atom. The zero-order valence-corrected chi connectivity index (χ0v) is 12.9. The van der Waals surface area contributed by atoms with Gasteiger partial charge in [0.2, 0.25) is 10.0 Å². The second kappa shape index (κ2) is 6.13. The highest BCUT2D eigenvalue weighted by atomic mass is 32.2. The maximum Gasteiger partial charge on any atom is 0.243 e. The first kappa shape index (κ1) is 15.9. The van der Waals surface area contributed by atoms with Gasteiger partial charge in [-0.3, -0.25) is 0 Å². The molecule has 1 aliphatic heterocycles. The van der Waals surface area contributed by atoms with E-state index in [-0.39, 0.29) is 17.1 Å². The fourth-order valence-electron chi connectivity index (χ4n) is 2.31. The van der Waals surface area contributed by atoms with Gasteiger partial charge in [0.25, 0.3) is 0 Å². The number of hydrogen-bond acceptors (Lipinski definition) is 4. The number of anilines is 1. The molecule has 0 spiro atoms. The molecule has 1 heterocycles. The van der Waals surface area contributed by atoms with E-state index in [9.17, 15) is 12.8 Å². The predicted octanol–water partition coefficient (Wildman–Crippen LogP) is 1.68. The SMILES string of the molecule is COCC1=CCN(S(=O)(=O)c2cc(N)c(F)cc2C)CC1. The third-order valence-electron chi connectivity index (χ3n) is 3.51. The fraction of sp³-hybridized carbons (Fsp3) is 0.429. The highest BCUT2D eigenvalue weighted by molar-refractivity contribution is 7.89. The lowest BCUT2D eigenvalue weighted by Crippen LogP contribution is -2.35. The molecule has 0 aliphatic carbocycles. The molecule has 0 fully saturated rings. The summed E-state index contributed by atoms with van der Waals surface area (Å²) < 4.78 is 45.0. The second-order valence-electron chi connectivity index (χ2n) is 5.05. The zero-order chi connectivity index (χ0) is 15.6. The summed E-state index contributed by atoms with van der Waals surface area (Å²) in [6.45, 7) is 2.74.